The highest BCUT2D eigenvalue weighted by molar-refractivity contribution is 6.02. The molecule has 0 radical (unpaired) electrons. The second kappa shape index (κ2) is 9.05. The van der Waals surface area contributed by atoms with Crippen LogP contribution in [0.1, 0.15) is 47.4 Å². The maximum atomic E-state index is 12.6. The van der Waals surface area contributed by atoms with Crippen LogP contribution in [-0.4, -0.2) is 33.7 Å². The van der Waals surface area contributed by atoms with Gasteiger partial charge in [-0.3, -0.25) is 19.6 Å². The van der Waals surface area contributed by atoms with Crippen molar-refractivity contribution in [2.75, 3.05) is 5.32 Å². The molecule has 0 aliphatic rings. The fourth-order valence-electron chi connectivity index (χ4n) is 2.78. The smallest absolute Gasteiger partial charge is 0.338 e. The summed E-state index contributed by atoms with van der Waals surface area (Å²) in [5.41, 5.74) is 2.54. The molecule has 7 nitrogen and oxygen atoms in total. The van der Waals surface area contributed by atoms with Crippen molar-refractivity contribution in [1.82, 2.24) is 9.97 Å². The topological polar surface area (TPSA) is 98.2 Å². The number of anilines is 1. The summed E-state index contributed by atoms with van der Waals surface area (Å²) in [6.45, 7) is 3.45. The zero-order valence-corrected chi connectivity index (χ0v) is 16.2. The molecule has 3 aromatic rings. The van der Waals surface area contributed by atoms with Gasteiger partial charge in [0.05, 0.1) is 16.6 Å². The number of hydrogen-bond acceptors (Lipinski definition) is 6. The van der Waals surface area contributed by atoms with Crippen molar-refractivity contribution in [1.29, 1.82) is 0 Å². The van der Waals surface area contributed by atoms with Crippen LogP contribution < -0.4 is 5.32 Å². The van der Waals surface area contributed by atoms with Crippen molar-refractivity contribution in [2.45, 2.75) is 32.8 Å². The van der Waals surface area contributed by atoms with Crippen LogP contribution in [0.25, 0.3) is 11.0 Å². The molecular formula is C22H21N3O4. The van der Waals surface area contributed by atoms with Crippen LogP contribution in [0.2, 0.25) is 0 Å². The Morgan fingerprint density at radius 3 is 2.31 bits per heavy atom. The monoisotopic (exact) mass is 391 g/mol. The highest BCUT2D eigenvalue weighted by Gasteiger charge is 2.21. The highest BCUT2D eigenvalue weighted by Crippen LogP contribution is 2.16. The molecule has 0 saturated carbocycles. The Balaban J connectivity index is 1.64. The molecule has 1 aromatic heterocycles. The SMILES string of the molecule is CCCC(=O)Nc1ccc(C(=O)C(C)OC(=O)c2ccc3nccnc3c2)cc1. The molecule has 1 heterocycles. The minimum absolute atomic E-state index is 0.0750. The van der Waals surface area contributed by atoms with Crippen LogP contribution >= 0.6 is 0 Å². The van der Waals surface area contributed by atoms with Crippen molar-refractivity contribution in [3.05, 3.63) is 66.0 Å². The molecule has 0 aliphatic carbocycles. The fraction of sp³-hybridized carbons (Fsp3) is 0.227. The average molecular weight is 391 g/mol. The van der Waals surface area contributed by atoms with Gasteiger partial charge in [0.2, 0.25) is 11.7 Å². The number of ether oxygens (including phenoxy) is 1. The summed E-state index contributed by atoms with van der Waals surface area (Å²) in [7, 11) is 0. The summed E-state index contributed by atoms with van der Waals surface area (Å²) >= 11 is 0. The second-order valence-electron chi connectivity index (χ2n) is 6.55. The number of rotatable bonds is 7. The van der Waals surface area contributed by atoms with Crippen molar-refractivity contribution >= 4 is 34.4 Å². The Bertz CT molecular complexity index is 1050. The minimum atomic E-state index is -0.958. The lowest BCUT2D eigenvalue weighted by molar-refractivity contribution is -0.116. The first-order valence-electron chi connectivity index (χ1n) is 9.34. The molecule has 0 bridgehead atoms. The number of carbonyl (C=O) groups excluding carboxylic acids is 3. The van der Waals surface area contributed by atoms with E-state index in [9.17, 15) is 14.4 Å². The quantitative estimate of drug-likeness (QED) is 0.486. The third-order valence-corrected chi connectivity index (χ3v) is 4.29. The summed E-state index contributed by atoms with van der Waals surface area (Å²) in [5.74, 6) is -1.01. The number of esters is 1. The van der Waals surface area contributed by atoms with E-state index in [-0.39, 0.29) is 11.7 Å². The van der Waals surface area contributed by atoms with E-state index in [1.807, 2.05) is 6.92 Å². The van der Waals surface area contributed by atoms with E-state index in [2.05, 4.69) is 15.3 Å². The Morgan fingerprint density at radius 2 is 1.62 bits per heavy atom. The molecule has 1 amide bonds. The first-order chi connectivity index (χ1) is 14.0. The molecular weight excluding hydrogens is 370 g/mol. The normalized spacial score (nSPS) is 11.7. The third kappa shape index (κ3) is 5.01. The van der Waals surface area contributed by atoms with Crippen molar-refractivity contribution in [3.63, 3.8) is 0 Å². The van der Waals surface area contributed by atoms with E-state index in [0.717, 1.165) is 6.42 Å². The van der Waals surface area contributed by atoms with Crippen LogP contribution in [-0.2, 0) is 9.53 Å². The molecule has 0 aliphatic heterocycles. The van der Waals surface area contributed by atoms with E-state index in [4.69, 9.17) is 4.74 Å². The maximum absolute atomic E-state index is 12.6. The lowest BCUT2D eigenvalue weighted by atomic mass is 10.1. The van der Waals surface area contributed by atoms with E-state index in [1.54, 1.807) is 48.7 Å². The molecule has 7 heteroatoms. The van der Waals surface area contributed by atoms with Gasteiger partial charge in [-0.05, 0) is 55.8 Å². The molecule has 148 valence electrons. The minimum Gasteiger partial charge on any atom is -0.451 e. The van der Waals surface area contributed by atoms with Gasteiger partial charge in [0.15, 0.2) is 6.10 Å². The number of aromatic nitrogens is 2. The van der Waals surface area contributed by atoms with Gasteiger partial charge in [0.1, 0.15) is 0 Å². The number of benzene rings is 2. The molecule has 1 unspecified atom stereocenters. The maximum Gasteiger partial charge on any atom is 0.338 e. The first kappa shape index (κ1) is 20.1. The van der Waals surface area contributed by atoms with Gasteiger partial charge >= 0.3 is 5.97 Å². The number of ketones is 1. The molecule has 3 rings (SSSR count). The third-order valence-electron chi connectivity index (χ3n) is 4.29. The highest BCUT2D eigenvalue weighted by atomic mass is 16.5. The number of carbonyl (C=O) groups is 3. The molecule has 1 N–H and O–H groups in total. The van der Waals surface area contributed by atoms with Crippen LogP contribution in [0.4, 0.5) is 5.69 Å². The van der Waals surface area contributed by atoms with Gasteiger partial charge in [0, 0.05) is 30.1 Å². The Labute approximate surface area is 168 Å². The summed E-state index contributed by atoms with van der Waals surface area (Å²) in [6, 6.07) is 11.3. The average Bonchev–Trinajstić information content (AvgIpc) is 2.73. The Hall–Kier alpha value is -3.61. The number of Topliss-reactive ketones (excluding diaryl/α,β-unsaturated/α-hetero) is 1. The standard InChI is InChI=1S/C22H21N3O4/c1-3-4-20(26)25-17-8-5-15(6-9-17)21(27)14(2)29-22(28)16-7-10-18-19(13-16)24-12-11-23-18/h5-14H,3-4H2,1-2H3,(H,25,26). The second-order valence-corrected chi connectivity index (χ2v) is 6.55. The number of nitrogens with zero attached hydrogens (tertiary/aromatic N) is 2. The summed E-state index contributed by atoms with van der Waals surface area (Å²) < 4.78 is 5.32. The van der Waals surface area contributed by atoms with E-state index in [1.165, 1.54) is 13.1 Å². The number of amides is 1. The summed E-state index contributed by atoms with van der Waals surface area (Å²) in [5, 5.41) is 2.76. The van der Waals surface area contributed by atoms with Crippen molar-refractivity contribution in [3.8, 4) is 0 Å². The van der Waals surface area contributed by atoms with Crippen molar-refractivity contribution in [2.24, 2.45) is 0 Å². The zero-order valence-electron chi connectivity index (χ0n) is 16.2. The van der Waals surface area contributed by atoms with E-state index in [0.29, 0.717) is 34.3 Å². The summed E-state index contributed by atoms with van der Waals surface area (Å²) in [4.78, 5) is 44.9. The van der Waals surface area contributed by atoms with Crippen LogP contribution in [0.5, 0.6) is 0 Å². The molecule has 0 spiro atoms. The van der Waals surface area contributed by atoms with Crippen LogP contribution in [0, 0.1) is 0 Å². The zero-order chi connectivity index (χ0) is 20.8. The number of nitrogens with one attached hydrogen (secondary N) is 1. The van der Waals surface area contributed by atoms with Gasteiger partial charge in [-0.25, -0.2) is 4.79 Å². The largest absolute Gasteiger partial charge is 0.451 e. The van der Waals surface area contributed by atoms with E-state index < -0.39 is 12.1 Å². The molecule has 0 fully saturated rings. The fourth-order valence-corrected chi connectivity index (χ4v) is 2.78. The van der Waals surface area contributed by atoms with Crippen LogP contribution in [0.3, 0.4) is 0 Å². The molecule has 29 heavy (non-hydrogen) atoms. The lowest BCUT2D eigenvalue weighted by Gasteiger charge is -2.13. The number of hydrogen-bond donors (Lipinski definition) is 1. The molecule has 1 atom stereocenters. The predicted octanol–water partition coefficient (Wildman–Crippen LogP) is 3.80. The van der Waals surface area contributed by atoms with Gasteiger partial charge in [-0.1, -0.05) is 6.92 Å². The van der Waals surface area contributed by atoms with Crippen LogP contribution in [0.15, 0.2) is 54.9 Å². The van der Waals surface area contributed by atoms with Gasteiger partial charge in [-0.15, -0.1) is 0 Å². The van der Waals surface area contributed by atoms with Gasteiger partial charge in [-0.2, -0.15) is 0 Å². The molecule has 0 saturated heterocycles. The lowest BCUT2D eigenvalue weighted by Crippen LogP contribution is -2.24. The number of fused-ring (bicyclic) bond motifs is 1. The summed E-state index contributed by atoms with van der Waals surface area (Å²) in [6.07, 6.45) is 3.35. The Kier molecular flexibility index (Phi) is 6.29. The predicted molar refractivity (Wildman–Crippen MR) is 109 cm³/mol. The van der Waals surface area contributed by atoms with Crippen molar-refractivity contribution < 1.29 is 19.1 Å². The van der Waals surface area contributed by atoms with E-state index >= 15 is 0 Å². The first-order valence-corrected chi connectivity index (χ1v) is 9.34. The molecule has 2 aromatic carbocycles. The van der Waals surface area contributed by atoms with Gasteiger partial charge < -0.3 is 10.1 Å². The Morgan fingerprint density at radius 1 is 0.966 bits per heavy atom. The van der Waals surface area contributed by atoms with Gasteiger partial charge in [0.25, 0.3) is 0 Å².